The molecule has 2 aromatic heterocycles. The predicted octanol–water partition coefficient (Wildman–Crippen LogP) is 8.73. The lowest BCUT2D eigenvalue weighted by Gasteiger charge is -2.24. The topological polar surface area (TPSA) is 25.8 Å². The fraction of sp³-hybridized carbons (Fsp3) is 0.152. The highest BCUT2D eigenvalue weighted by atomic mass is 14.6. The number of hydrogen-bond acceptors (Lipinski definition) is 2. The van der Waals surface area contributed by atoms with Gasteiger partial charge in [-0.3, -0.25) is 9.97 Å². The molecule has 7 rings (SSSR count). The van der Waals surface area contributed by atoms with E-state index in [1.165, 1.54) is 62.7 Å². The molecule has 1 aliphatic carbocycles. The van der Waals surface area contributed by atoms with Gasteiger partial charge in [0.15, 0.2) is 0 Å². The lowest BCUT2D eigenvalue weighted by Crippen LogP contribution is -2.07. The summed E-state index contributed by atoms with van der Waals surface area (Å²) in [5, 5.41) is 7.94. The van der Waals surface area contributed by atoms with Crippen molar-refractivity contribution in [1.29, 1.82) is 0 Å². The van der Waals surface area contributed by atoms with E-state index in [0.29, 0.717) is 5.92 Å². The number of hydrogen-bond donors (Lipinski definition) is 0. The van der Waals surface area contributed by atoms with Crippen LogP contribution in [0.15, 0.2) is 110 Å². The molecule has 1 unspecified atom stereocenters. The first kappa shape index (κ1) is 21.5. The van der Waals surface area contributed by atoms with E-state index in [1.807, 2.05) is 49.1 Å². The zero-order valence-corrected chi connectivity index (χ0v) is 20.0. The lowest BCUT2D eigenvalue weighted by atomic mass is 9.80. The summed E-state index contributed by atoms with van der Waals surface area (Å²) in [4.78, 5) is 8.31. The third-order valence-electron chi connectivity index (χ3n) is 7.32. The Bertz CT molecular complexity index is 1570. The summed E-state index contributed by atoms with van der Waals surface area (Å²) in [7, 11) is 0. The molecule has 170 valence electrons. The molecule has 0 saturated carbocycles. The average Bonchev–Trinajstić information content (AvgIpc) is 2.93. The second kappa shape index (κ2) is 9.31. The monoisotopic (exact) mass is 452 g/mol. The molecular weight excluding hydrogens is 424 g/mol. The number of fused-ring (bicyclic) bond motifs is 6. The number of benzene rings is 4. The maximum absolute atomic E-state index is 4.30. The Balaban J connectivity index is 0.000000191. The molecule has 2 heteroatoms. The largest absolute Gasteiger partial charge is 0.264 e. The minimum Gasteiger partial charge on any atom is -0.264 e. The van der Waals surface area contributed by atoms with Crippen LogP contribution in [0, 0.1) is 0 Å². The average molecular weight is 453 g/mol. The van der Waals surface area contributed by atoms with Gasteiger partial charge in [-0.05, 0) is 86.3 Å². The molecule has 0 spiro atoms. The molecule has 0 aliphatic heterocycles. The van der Waals surface area contributed by atoms with E-state index in [4.69, 9.17) is 0 Å². The Morgan fingerprint density at radius 2 is 1.43 bits per heavy atom. The van der Waals surface area contributed by atoms with Crippen molar-refractivity contribution < 1.29 is 0 Å². The van der Waals surface area contributed by atoms with Crippen LogP contribution in [0.3, 0.4) is 0 Å². The molecule has 0 N–H and O–H groups in total. The van der Waals surface area contributed by atoms with Crippen molar-refractivity contribution in [2.75, 3.05) is 0 Å². The van der Waals surface area contributed by atoms with Crippen LogP contribution in [0.5, 0.6) is 0 Å². The van der Waals surface area contributed by atoms with Crippen molar-refractivity contribution >= 4 is 32.3 Å². The molecule has 1 atom stereocenters. The Kier molecular flexibility index (Phi) is 5.71. The van der Waals surface area contributed by atoms with E-state index in [1.54, 1.807) is 11.1 Å². The fourth-order valence-electron chi connectivity index (χ4n) is 5.54. The first-order valence-corrected chi connectivity index (χ1v) is 12.5. The minimum atomic E-state index is 0.686. The van der Waals surface area contributed by atoms with Crippen molar-refractivity contribution in [1.82, 2.24) is 9.97 Å². The zero-order chi connectivity index (χ0) is 23.6. The zero-order valence-electron chi connectivity index (χ0n) is 20.0. The summed E-state index contributed by atoms with van der Waals surface area (Å²) in [6.45, 7) is 2.37. The van der Waals surface area contributed by atoms with Gasteiger partial charge in [0.1, 0.15) is 0 Å². The number of aryl methyl sites for hydroxylation is 1. The molecule has 0 fully saturated rings. The normalized spacial score (nSPS) is 14.9. The third kappa shape index (κ3) is 4.06. The van der Waals surface area contributed by atoms with Gasteiger partial charge in [-0.2, -0.15) is 0 Å². The molecule has 0 radical (unpaired) electrons. The molecule has 0 amide bonds. The highest BCUT2D eigenvalue weighted by Crippen LogP contribution is 2.39. The van der Waals surface area contributed by atoms with Crippen molar-refractivity contribution in [2.24, 2.45) is 0 Å². The highest BCUT2D eigenvalue weighted by Gasteiger charge is 2.19. The van der Waals surface area contributed by atoms with Gasteiger partial charge in [-0.15, -0.1) is 0 Å². The fourth-order valence-corrected chi connectivity index (χ4v) is 5.54. The van der Waals surface area contributed by atoms with Gasteiger partial charge < -0.3 is 0 Å². The van der Waals surface area contributed by atoms with Crippen LogP contribution in [0.1, 0.15) is 36.8 Å². The van der Waals surface area contributed by atoms with E-state index in [2.05, 4.69) is 77.6 Å². The SMILES string of the molecule is CC1CCCc2c1ccc1c2ccc2c(-c3cccnc3)cccc21.c1ccc2cnccc2c1. The van der Waals surface area contributed by atoms with Crippen LogP contribution >= 0.6 is 0 Å². The van der Waals surface area contributed by atoms with E-state index < -0.39 is 0 Å². The molecule has 2 nitrogen and oxygen atoms in total. The van der Waals surface area contributed by atoms with E-state index in [0.717, 1.165) is 0 Å². The number of rotatable bonds is 1. The van der Waals surface area contributed by atoms with Gasteiger partial charge in [0.2, 0.25) is 0 Å². The van der Waals surface area contributed by atoms with E-state index >= 15 is 0 Å². The first-order valence-electron chi connectivity index (χ1n) is 12.5. The second-order valence-electron chi connectivity index (χ2n) is 9.45. The van der Waals surface area contributed by atoms with E-state index in [9.17, 15) is 0 Å². The molecule has 0 saturated heterocycles. The van der Waals surface area contributed by atoms with Gasteiger partial charge in [0.05, 0.1) is 0 Å². The quantitative estimate of drug-likeness (QED) is 0.233. The van der Waals surface area contributed by atoms with Gasteiger partial charge in [-0.1, -0.05) is 79.7 Å². The summed E-state index contributed by atoms with van der Waals surface area (Å²) in [5.74, 6) is 0.686. The summed E-state index contributed by atoms with van der Waals surface area (Å²) in [6, 6.07) is 30.3. The molecule has 6 aromatic rings. The maximum Gasteiger partial charge on any atom is 0.0346 e. The highest BCUT2D eigenvalue weighted by molar-refractivity contribution is 6.13. The summed E-state index contributed by atoms with van der Waals surface area (Å²) in [6.07, 6.45) is 11.3. The van der Waals surface area contributed by atoms with Crippen LogP contribution in [-0.4, -0.2) is 9.97 Å². The summed E-state index contributed by atoms with van der Waals surface area (Å²) >= 11 is 0. The Morgan fingerprint density at radius 1 is 0.629 bits per heavy atom. The van der Waals surface area contributed by atoms with Crippen molar-refractivity contribution in [3.05, 3.63) is 121 Å². The van der Waals surface area contributed by atoms with E-state index in [-0.39, 0.29) is 0 Å². The minimum absolute atomic E-state index is 0.686. The van der Waals surface area contributed by atoms with Gasteiger partial charge in [0, 0.05) is 30.4 Å². The second-order valence-corrected chi connectivity index (χ2v) is 9.45. The predicted molar refractivity (Wildman–Crippen MR) is 148 cm³/mol. The summed E-state index contributed by atoms with van der Waals surface area (Å²) < 4.78 is 0. The Morgan fingerprint density at radius 3 is 2.29 bits per heavy atom. The smallest absolute Gasteiger partial charge is 0.0346 e. The molecule has 4 aromatic carbocycles. The van der Waals surface area contributed by atoms with Crippen molar-refractivity contribution in [2.45, 2.75) is 32.1 Å². The van der Waals surface area contributed by atoms with Crippen LogP contribution in [-0.2, 0) is 6.42 Å². The third-order valence-corrected chi connectivity index (χ3v) is 7.32. The summed E-state index contributed by atoms with van der Waals surface area (Å²) in [5.41, 5.74) is 5.57. The Labute approximate surface area is 206 Å². The molecule has 35 heavy (non-hydrogen) atoms. The standard InChI is InChI=1S/C24H21N.C9H7N/c1-16-5-2-8-20-18(16)10-11-24-21-9-3-7-19(17-6-4-14-25-15-17)22(21)12-13-23(20)24;1-2-4-9-7-10-6-5-8(9)3-1/h3-4,6-7,9-16H,2,5,8H2,1H3;1-7H. The molecule has 1 aliphatic rings. The lowest BCUT2D eigenvalue weighted by molar-refractivity contribution is 0.593. The van der Waals surface area contributed by atoms with Crippen LogP contribution in [0.25, 0.3) is 43.4 Å². The number of nitrogens with zero attached hydrogens (tertiary/aromatic N) is 2. The number of aromatic nitrogens is 2. The van der Waals surface area contributed by atoms with Crippen LogP contribution in [0.2, 0.25) is 0 Å². The van der Waals surface area contributed by atoms with Crippen molar-refractivity contribution in [3.8, 4) is 11.1 Å². The van der Waals surface area contributed by atoms with Gasteiger partial charge in [0.25, 0.3) is 0 Å². The van der Waals surface area contributed by atoms with Crippen LogP contribution < -0.4 is 0 Å². The van der Waals surface area contributed by atoms with Crippen LogP contribution in [0.4, 0.5) is 0 Å². The molecule has 0 bridgehead atoms. The molecule has 2 heterocycles. The first-order chi connectivity index (χ1) is 17.3. The molecular formula is C33H28N2. The van der Waals surface area contributed by atoms with Gasteiger partial charge in [-0.25, -0.2) is 0 Å². The maximum atomic E-state index is 4.30. The van der Waals surface area contributed by atoms with Crippen molar-refractivity contribution in [3.63, 3.8) is 0 Å². The van der Waals surface area contributed by atoms with Gasteiger partial charge >= 0.3 is 0 Å². The number of pyridine rings is 2. The Hall–Kier alpha value is -4.04.